The number of amides is 1. The zero-order chi connectivity index (χ0) is 17.7. The molecule has 0 aliphatic heterocycles. The van der Waals surface area contributed by atoms with Gasteiger partial charge in [0.2, 0.25) is 0 Å². The number of aryl methyl sites for hydroxylation is 1. The van der Waals surface area contributed by atoms with E-state index in [1.807, 2.05) is 19.1 Å². The molecule has 2 aromatic rings. The standard InChI is InChI=1S/C16H14Br2N2O4/c1-2-10-7-11(17)3-6-15(10)24-9-16(21)19-14-5-4-12(20(22)23)8-13(14)18/h3-8H,2,9H2,1H3,(H,19,21). The van der Waals surface area contributed by atoms with Gasteiger partial charge in [-0.15, -0.1) is 0 Å². The second-order valence-electron chi connectivity index (χ2n) is 4.86. The van der Waals surface area contributed by atoms with Crippen LogP contribution in [-0.4, -0.2) is 17.4 Å². The zero-order valence-electron chi connectivity index (χ0n) is 12.7. The van der Waals surface area contributed by atoms with Crippen molar-refractivity contribution in [3.05, 3.63) is 61.0 Å². The summed E-state index contributed by atoms with van der Waals surface area (Å²) in [5, 5.41) is 13.4. The molecule has 2 aromatic carbocycles. The Kier molecular flexibility index (Phi) is 6.33. The Morgan fingerprint density at radius 2 is 2.00 bits per heavy atom. The van der Waals surface area contributed by atoms with Crippen molar-refractivity contribution in [2.45, 2.75) is 13.3 Å². The summed E-state index contributed by atoms with van der Waals surface area (Å²) in [6.07, 6.45) is 0.782. The van der Waals surface area contributed by atoms with Crippen LogP contribution in [0, 0.1) is 10.1 Å². The molecule has 0 atom stereocenters. The van der Waals surface area contributed by atoms with Gasteiger partial charge in [0.1, 0.15) is 5.75 Å². The van der Waals surface area contributed by atoms with Crippen LogP contribution in [0.2, 0.25) is 0 Å². The van der Waals surface area contributed by atoms with Gasteiger partial charge in [-0.25, -0.2) is 0 Å². The first-order valence-electron chi connectivity index (χ1n) is 7.05. The van der Waals surface area contributed by atoms with Gasteiger partial charge >= 0.3 is 0 Å². The number of non-ortho nitro benzene ring substituents is 1. The van der Waals surface area contributed by atoms with Gasteiger partial charge < -0.3 is 10.1 Å². The number of nitro groups is 1. The van der Waals surface area contributed by atoms with Gasteiger partial charge in [-0.2, -0.15) is 0 Å². The minimum atomic E-state index is -0.501. The van der Waals surface area contributed by atoms with Gasteiger partial charge in [0.25, 0.3) is 11.6 Å². The van der Waals surface area contributed by atoms with E-state index in [2.05, 4.69) is 37.2 Å². The largest absolute Gasteiger partial charge is 0.483 e. The highest BCUT2D eigenvalue weighted by Gasteiger charge is 2.12. The number of carbonyl (C=O) groups is 1. The molecule has 6 nitrogen and oxygen atoms in total. The summed E-state index contributed by atoms with van der Waals surface area (Å²) in [7, 11) is 0. The van der Waals surface area contributed by atoms with E-state index >= 15 is 0 Å². The van der Waals surface area contributed by atoms with Crippen molar-refractivity contribution in [1.29, 1.82) is 0 Å². The van der Waals surface area contributed by atoms with Crippen molar-refractivity contribution in [3.63, 3.8) is 0 Å². The van der Waals surface area contributed by atoms with Crippen molar-refractivity contribution >= 4 is 49.1 Å². The Bertz CT molecular complexity index is 781. The number of benzene rings is 2. The van der Waals surface area contributed by atoms with Gasteiger partial charge in [0.15, 0.2) is 6.61 Å². The molecule has 0 aliphatic rings. The Labute approximate surface area is 155 Å². The Balaban J connectivity index is 2.00. The van der Waals surface area contributed by atoms with Gasteiger partial charge in [-0.1, -0.05) is 22.9 Å². The summed E-state index contributed by atoms with van der Waals surface area (Å²) in [4.78, 5) is 22.2. The summed E-state index contributed by atoms with van der Waals surface area (Å²) in [6.45, 7) is 1.85. The quantitative estimate of drug-likeness (QED) is 0.503. The molecule has 1 N–H and O–H groups in total. The number of halogens is 2. The van der Waals surface area contributed by atoms with Crippen LogP contribution in [-0.2, 0) is 11.2 Å². The normalized spacial score (nSPS) is 10.3. The number of rotatable bonds is 6. The SMILES string of the molecule is CCc1cc(Br)ccc1OCC(=O)Nc1ccc([N+](=O)[O-])cc1Br. The van der Waals surface area contributed by atoms with Crippen LogP contribution in [0.25, 0.3) is 0 Å². The molecule has 0 bridgehead atoms. The lowest BCUT2D eigenvalue weighted by Gasteiger charge is -2.11. The van der Waals surface area contributed by atoms with E-state index in [1.165, 1.54) is 18.2 Å². The molecule has 0 aromatic heterocycles. The van der Waals surface area contributed by atoms with Gasteiger partial charge in [-0.05, 0) is 52.2 Å². The third-order valence-corrected chi connectivity index (χ3v) is 4.35. The molecule has 0 heterocycles. The fraction of sp³-hybridized carbons (Fsp3) is 0.188. The maximum atomic E-state index is 12.0. The molecule has 0 saturated heterocycles. The number of nitro benzene ring substituents is 1. The van der Waals surface area contributed by atoms with E-state index in [0.717, 1.165) is 16.5 Å². The number of hydrogen-bond donors (Lipinski definition) is 1. The van der Waals surface area contributed by atoms with Gasteiger partial charge in [-0.3, -0.25) is 14.9 Å². The number of anilines is 1. The zero-order valence-corrected chi connectivity index (χ0v) is 15.9. The maximum Gasteiger partial charge on any atom is 0.270 e. The topological polar surface area (TPSA) is 81.5 Å². The van der Waals surface area contributed by atoms with E-state index < -0.39 is 4.92 Å². The Morgan fingerprint density at radius 3 is 2.62 bits per heavy atom. The van der Waals surface area contributed by atoms with Crippen molar-refractivity contribution in [3.8, 4) is 5.75 Å². The fourth-order valence-corrected chi connectivity index (χ4v) is 2.89. The number of hydrogen-bond acceptors (Lipinski definition) is 4. The molecule has 126 valence electrons. The fourth-order valence-electron chi connectivity index (χ4n) is 2.01. The summed E-state index contributed by atoms with van der Waals surface area (Å²) in [5.41, 5.74) is 1.38. The van der Waals surface area contributed by atoms with E-state index in [0.29, 0.717) is 15.9 Å². The van der Waals surface area contributed by atoms with Crippen LogP contribution < -0.4 is 10.1 Å². The molecule has 0 fully saturated rings. The van der Waals surface area contributed by atoms with E-state index in [4.69, 9.17) is 4.74 Å². The average molecular weight is 458 g/mol. The lowest BCUT2D eigenvalue weighted by Crippen LogP contribution is -2.20. The molecular formula is C16H14Br2N2O4. The predicted molar refractivity (Wildman–Crippen MR) is 98.4 cm³/mol. The molecule has 24 heavy (non-hydrogen) atoms. The van der Waals surface area contributed by atoms with E-state index in [1.54, 1.807) is 6.07 Å². The van der Waals surface area contributed by atoms with Crippen LogP contribution in [0.4, 0.5) is 11.4 Å². The third-order valence-electron chi connectivity index (χ3n) is 3.20. The average Bonchev–Trinajstić information content (AvgIpc) is 2.55. The first-order valence-corrected chi connectivity index (χ1v) is 8.64. The maximum absolute atomic E-state index is 12.0. The molecule has 0 radical (unpaired) electrons. The molecular weight excluding hydrogens is 444 g/mol. The monoisotopic (exact) mass is 456 g/mol. The Morgan fingerprint density at radius 1 is 1.25 bits per heavy atom. The second-order valence-corrected chi connectivity index (χ2v) is 6.63. The molecule has 0 unspecified atom stereocenters. The number of ether oxygens (including phenoxy) is 1. The number of nitrogens with zero attached hydrogens (tertiary/aromatic N) is 1. The number of carbonyl (C=O) groups excluding carboxylic acids is 1. The molecule has 0 aliphatic carbocycles. The van der Waals surface area contributed by atoms with Crippen molar-refractivity contribution < 1.29 is 14.5 Å². The van der Waals surface area contributed by atoms with Crippen LogP contribution in [0.1, 0.15) is 12.5 Å². The number of nitrogens with one attached hydrogen (secondary N) is 1. The highest BCUT2D eigenvalue weighted by atomic mass is 79.9. The smallest absolute Gasteiger partial charge is 0.270 e. The van der Waals surface area contributed by atoms with E-state index in [-0.39, 0.29) is 18.2 Å². The minimum Gasteiger partial charge on any atom is -0.483 e. The van der Waals surface area contributed by atoms with Crippen LogP contribution in [0.5, 0.6) is 5.75 Å². The molecule has 1 amide bonds. The predicted octanol–water partition coefficient (Wildman–Crippen LogP) is 4.70. The Hall–Kier alpha value is -1.93. The van der Waals surface area contributed by atoms with Crippen molar-refractivity contribution in [2.24, 2.45) is 0 Å². The molecule has 0 spiro atoms. The first kappa shape index (κ1) is 18.4. The summed E-state index contributed by atoms with van der Waals surface area (Å²) in [6, 6.07) is 9.72. The third kappa shape index (κ3) is 4.78. The summed E-state index contributed by atoms with van der Waals surface area (Å²) in [5.74, 6) is 0.299. The highest BCUT2D eigenvalue weighted by Crippen LogP contribution is 2.27. The molecule has 8 heteroatoms. The van der Waals surface area contributed by atoms with E-state index in [9.17, 15) is 14.9 Å². The van der Waals surface area contributed by atoms with Crippen LogP contribution in [0.15, 0.2) is 45.3 Å². The van der Waals surface area contributed by atoms with Crippen molar-refractivity contribution in [1.82, 2.24) is 0 Å². The summed E-state index contributed by atoms with van der Waals surface area (Å²) < 4.78 is 6.95. The minimum absolute atomic E-state index is 0.0569. The summed E-state index contributed by atoms with van der Waals surface area (Å²) >= 11 is 6.60. The lowest BCUT2D eigenvalue weighted by molar-refractivity contribution is -0.384. The first-order chi connectivity index (χ1) is 11.4. The van der Waals surface area contributed by atoms with Gasteiger partial charge in [0, 0.05) is 21.1 Å². The molecule has 0 saturated carbocycles. The van der Waals surface area contributed by atoms with Crippen LogP contribution in [0.3, 0.4) is 0 Å². The van der Waals surface area contributed by atoms with Crippen LogP contribution >= 0.6 is 31.9 Å². The van der Waals surface area contributed by atoms with Gasteiger partial charge in [0.05, 0.1) is 10.6 Å². The molecule has 2 rings (SSSR count). The lowest BCUT2D eigenvalue weighted by atomic mass is 10.1. The van der Waals surface area contributed by atoms with Crippen molar-refractivity contribution in [2.75, 3.05) is 11.9 Å². The second kappa shape index (κ2) is 8.25. The highest BCUT2D eigenvalue weighted by molar-refractivity contribution is 9.10.